The Bertz CT molecular complexity index is 363. The molecule has 4 heteroatoms. The van der Waals surface area contributed by atoms with Crippen LogP contribution in [0.4, 0.5) is 0 Å². The van der Waals surface area contributed by atoms with Crippen molar-refractivity contribution in [2.24, 2.45) is 0 Å². The van der Waals surface area contributed by atoms with Crippen LogP contribution in [0.2, 0.25) is 0 Å². The lowest BCUT2D eigenvalue weighted by Crippen LogP contribution is -2.04. The van der Waals surface area contributed by atoms with Crippen LogP contribution < -0.4 is 4.74 Å². The number of ether oxygens (including phenoxy) is 2. The predicted octanol–water partition coefficient (Wildman–Crippen LogP) is 2.97. The molecule has 0 unspecified atom stereocenters. The van der Waals surface area contributed by atoms with Gasteiger partial charge < -0.3 is 14.6 Å². The first-order valence-corrected chi connectivity index (χ1v) is 6.28. The van der Waals surface area contributed by atoms with Gasteiger partial charge in [0, 0.05) is 19.6 Å². The molecule has 0 saturated heterocycles. The zero-order valence-electron chi connectivity index (χ0n) is 10.7. The largest absolute Gasteiger partial charge is 0.493 e. The normalized spacial score (nSPS) is 10.3. The highest BCUT2D eigenvalue weighted by Crippen LogP contribution is 2.13. The summed E-state index contributed by atoms with van der Waals surface area (Å²) in [6, 6.07) is 6.50. The van der Waals surface area contributed by atoms with Crippen molar-refractivity contribution in [1.29, 1.82) is 0 Å². The summed E-state index contributed by atoms with van der Waals surface area (Å²) in [5.74, 6) is -0.355. The molecule has 0 atom stereocenters. The molecule has 0 fully saturated rings. The minimum atomic E-state index is -0.941. The molecule has 0 bridgehead atoms. The van der Waals surface area contributed by atoms with Gasteiger partial charge in [-0.25, -0.2) is 4.79 Å². The number of aromatic carboxylic acids is 1. The molecule has 1 rings (SSSR count). The monoisotopic (exact) mass is 252 g/mol. The van der Waals surface area contributed by atoms with Crippen molar-refractivity contribution in [3.05, 3.63) is 29.8 Å². The highest BCUT2D eigenvalue weighted by atomic mass is 16.5. The number of carbonyl (C=O) groups is 1. The number of hydrogen-bond donors (Lipinski definition) is 1. The lowest BCUT2D eigenvalue weighted by atomic mass is 10.2. The third-order valence-electron chi connectivity index (χ3n) is 2.42. The van der Waals surface area contributed by atoms with Gasteiger partial charge in [-0.05, 0) is 24.6 Å². The van der Waals surface area contributed by atoms with Crippen molar-refractivity contribution in [3.63, 3.8) is 0 Å². The summed E-state index contributed by atoms with van der Waals surface area (Å²) in [7, 11) is 0. The van der Waals surface area contributed by atoms with Crippen molar-refractivity contribution >= 4 is 5.97 Å². The molecule has 100 valence electrons. The summed E-state index contributed by atoms with van der Waals surface area (Å²) in [5.41, 5.74) is 0.242. The first kappa shape index (κ1) is 14.5. The lowest BCUT2D eigenvalue weighted by Gasteiger charge is -2.07. The number of rotatable bonds is 9. The number of carboxylic acid groups (broad SMARTS) is 1. The Labute approximate surface area is 108 Å². The summed E-state index contributed by atoms with van der Waals surface area (Å²) in [6.45, 7) is 4.14. The molecule has 0 radical (unpaired) electrons. The van der Waals surface area contributed by atoms with Gasteiger partial charge in [-0.15, -0.1) is 0 Å². The van der Waals surface area contributed by atoms with Crippen LogP contribution in [-0.2, 0) is 4.74 Å². The molecule has 0 aliphatic heterocycles. The molecule has 0 aliphatic carbocycles. The average molecular weight is 252 g/mol. The Morgan fingerprint density at radius 3 is 2.72 bits per heavy atom. The second kappa shape index (κ2) is 8.53. The van der Waals surface area contributed by atoms with Crippen molar-refractivity contribution < 1.29 is 19.4 Å². The average Bonchev–Trinajstić information content (AvgIpc) is 2.38. The van der Waals surface area contributed by atoms with Crippen LogP contribution in [0.5, 0.6) is 5.75 Å². The van der Waals surface area contributed by atoms with Gasteiger partial charge in [-0.3, -0.25) is 0 Å². The predicted molar refractivity (Wildman–Crippen MR) is 69.2 cm³/mol. The van der Waals surface area contributed by atoms with Crippen LogP contribution in [-0.4, -0.2) is 30.9 Å². The Hall–Kier alpha value is -1.55. The highest BCUT2D eigenvalue weighted by Gasteiger charge is 2.03. The van der Waals surface area contributed by atoms with E-state index in [1.54, 1.807) is 18.2 Å². The fourth-order valence-electron chi connectivity index (χ4n) is 1.42. The van der Waals surface area contributed by atoms with Gasteiger partial charge in [0.1, 0.15) is 5.75 Å². The van der Waals surface area contributed by atoms with Crippen LogP contribution in [0.25, 0.3) is 0 Å². The van der Waals surface area contributed by atoms with E-state index in [9.17, 15) is 4.79 Å². The minimum Gasteiger partial charge on any atom is -0.493 e. The summed E-state index contributed by atoms with van der Waals surface area (Å²) >= 11 is 0. The molecule has 0 spiro atoms. The molecule has 0 saturated carbocycles. The molecule has 1 aromatic carbocycles. The maximum Gasteiger partial charge on any atom is 0.335 e. The second-order valence-corrected chi connectivity index (χ2v) is 4.00. The smallest absolute Gasteiger partial charge is 0.335 e. The molecule has 0 amide bonds. The second-order valence-electron chi connectivity index (χ2n) is 4.00. The maximum absolute atomic E-state index is 10.8. The van der Waals surface area contributed by atoms with Crippen LogP contribution in [0, 0.1) is 0 Å². The van der Waals surface area contributed by atoms with Gasteiger partial charge in [-0.2, -0.15) is 0 Å². The van der Waals surface area contributed by atoms with Crippen molar-refractivity contribution in [2.45, 2.75) is 26.2 Å². The first-order chi connectivity index (χ1) is 8.74. The van der Waals surface area contributed by atoms with E-state index in [0.29, 0.717) is 19.0 Å². The number of unbranched alkanes of at least 4 members (excludes halogenated alkanes) is 1. The first-order valence-electron chi connectivity index (χ1n) is 6.28. The highest BCUT2D eigenvalue weighted by molar-refractivity contribution is 5.87. The molecule has 0 aliphatic rings. The van der Waals surface area contributed by atoms with Crippen LogP contribution >= 0.6 is 0 Å². The van der Waals surface area contributed by atoms with E-state index in [-0.39, 0.29) is 5.56 Å². The van der Waals surface area contributed by atoms with Crippen molar-refractivity contribution in [2.75, 3.05) is 19.8 Å². The molecule has 18 heavy (non-hydrogen) atoms. The van der Waals surface area contributed by atoms with E-state index in [1.807, 2.05) is 0 Å². The van der Waals surface area contributed by atoms with E-state index < -0.39 is 5.97 Å². The Kier molecular flexibility index (Phi) is 6.87. The van der Waals surface area contributed by atoms with Gasteiger partial charge in [-0.1, -0.05) is 19.4 Å². The summed E-state index contributed by atoms with van der Waals surface area (Å²) in [6.07, 6.45) is 3.03. The van der Waals surface area contributed by atoms with Gasteiger partial charge in [0.05, 0.1) is 12.2 Å². The van der Waals surface area contributed by atoms with Crippen molar-refractivity contribution in [3.8, 4) is 5.75 Å². The fraction of sp³-hybridized carbons (Fsp3) is 0.500. The molecular weight excluding hydrogens is 232 g/mol. The van der Waals surface area contributed by atoms with Gasteiger partial charge in [0.15, 0.2) is 0 Å². The zero-order chi connectivity index (χ0) is 13.2. The minimum absolute atomic E-state index is 0.242. The number of carboxylic acids is 1. The van der Waals surface area contributed by atoms with Crippen LogP contribution in [0.3, 0.4) is 0 Å². The SMILES string of the molecule is CCCCOCCCOc1cccc(C(=O)O)c1. The topological polar surface area (TPSA) is 55.8 Å². The van der Waals surface area contributed by atoms with E-state index in [0.717, 1.165) is 25.9 Å². The molecule has 4 nitrogen and oxygen atoms in total. The summed E-state index contributed by atoms with van der Waals surface area (Å²) in [5, 5.41) is 8.83. The van der Waals surface area contributed by atoms with Gasteiger partial charge in [0.2, 0.25) is 0 Å². The standard InChI is InChI=1S/C14H20O4/c1-2-3-8-17-9-5-10-18-13-7-4-6-12(11-13)14(15)16/h4,6-7,11H,2-3,5,8-10H2,1H3,(H,15,16). The maximum atomic E-state index is 10.8. The van der Waals surface area contributed by atoms with Crippen molar-refractivity contribution in [1.82, 2.24) is 0 Å². The molecule has 0 aromatic heterocycles. The van der Waals surface area contributed by atoms with Gasteiger partial charge >= 0.3 is 5.97 Å². The Balaban J connectivity index is 2.19. The van der Waals surface area contributed by atoms with Gasteiger partial charge in [0.25, 0.3) is 0 Å². The molecule has 1 aromatic rings. The van der Waals surface area contributed by atoms with E-state index >= 15 is 0 Å². The molecule has 0 heterocycles. The molecular formula is C14H20O4. The van der Waals surface area contributed by atoms with Crippen LogP contribution in [0.1, 0.15) is 36.5 Å². The fourth-order valence-corrected chi connectivity index (χ4v) is 1.42. The number of hydrogen-bond acceptors (Lipinski definition) is 3. The quantitative estimate of drug-likeness (QED) is 0.686. The summed E-state index contributed by atoms with van der Waals surface area (Å²) < 4.78 is 10.9. The number of benzene rings is 1. The van der Waals surface area contributed by atoms with E-state index in [2.05, 4.69) is 6.92 Å². The van der Waals surface area contributed by atoms with E-state index in [4.69, 9.17) is 14.6 Å². The summed E-state index contributed by atoms with van der Waals surface area (Å²) in [4.78, 5) is 10.8. The third-order valence-corrected chi connectivity index (χ3v) is 2.42. The van der Waals surface area contributed by atoms with Crippen LogP contribution in [0.15, 0.2) is 24.3 Å². The zero-order valence-corrected chi connectivity index (χ0v) is 10.7. The lowest BCUT2D eigenvalue weighted by molar-refractivity contribution is 0.0696. The molecule has 1 N–H and O–H groups in total. The van der Waals surface area contributed by atoms with E-state index in [1.165, 1.54) is 6.07 Å². The Morgan fingerprint density at radius 2 is 2.00 bits per heavy atom. The Morgan fingerprint density at radius 1 is 1.22 bits per heavy atom. The third kappa shape index (κ3) is 5.68.